The average Bonchev–Trinajstić information content (AvgIpc) is 2.73. The van der Waals surface area contributed by atoms with Crippen molar-refractivity contribution in [3.8, 4) is 5.75 Å². The van der Waals surface area contributed by atoms with Gasteiger partial charge in [0.2, 0.25) is 11.6 Å². The number of amides is 1. The van der Waals surface area contributed by atoms with E-state index in [0.29, 0.717) is 11.3 Å². The fourth-order valence-electron chi connectivity index (χ4n) is 5.62. The Kier molecular flexibility index (Phi) is 5.09. The van der Waals surface area contributed by atoms with Gasteiger partial charge in [-0.25, -0.2) is 0 Å². The molecule has 11 heteroatoms. The quantitative estimate of drug-likeness (QED) is 0.187. The van der Waals surface area contributed by atoms with Gasteiger partial charge in [0.25, 0.3) is 5.91 Å². The number of carbonyl (C=O) groups excluding carboxylic acids is 3. The molecule has 0 saturated heterocycles. The van der Waals surface area contributed by atoms with Gasteiger partial charge < -0.3 is 36.2 Å². The number of primary amides is 1. The number of Topliss-reactive ketones (excluding diaryl/α,β-unsaturated/α-hetero) is 2. The van der Waals surface area contributed by atoms with Gasteiger partial charge in [-0.15, -0.1) is 0 Å². The van der Waals surface area contributed by atoms with Crippen LogP contribution in [0.3, 0.4) is 0 Å². The minimum absolute atomic E-state index is 0.00694. The van der Waals surface area contributed by atoms with E-state index in [9.17, 15) is 39.9 Å². The predicted octanol–water partition coefficient (Wildman–Crippen LogP) is -0.650. The molecule has 1 amide bonds. The van der Waals surface area contributed by atoms with E-state index in [0.717, 1.165) is 4.90 Å². The number of aliphatic hydroxyl groups excluding tert-OH is 2. The smallest absolute Gasteiger partial charge is 0.256 e. The molecule has 4 atom stereocenters. The summed E-state index contributed by atoms with van der Waals surface area (Å²) in [5.74, 6) is -8.37. The Morgan fingerprint density at radius 3 is 2.21 bits per heavy atom. The maximum absolute atomic E-state index is 13.7. The number of aromatic hydroxyl groups is 1. The molecule has 34 heavy (non-hydrogen) atoms. The molecule has 0 aromatic heterocycles. The van der Waals surface area contributed by atoms with Crippen LogP contribution in [-0.4, -0.2) is 87.4 Å². The Hall–Kier alpha value is -3.41. The van der Waals surface area contributed by atoms with E-state index < -0.39 is 57.7 Å². The lowest BCUT2D eigenvalue weighted by Gasteiger charge is -2.53. The van der Waals surface area contributed by atoms with E-state index in [4.69, 9.17) is 5.73 Å². The zero-order chi connectivity index (χ0) is 25.5. The van der Waals surface area contributed by atoms with Crippen LogP contribution in [0.15, 0.2) is 29.0 Å². The van der Waals surface area contributed by atoms with Crippen LogP contribution in [0.2, 0.25) is 0 Å². The van der Waals surface area contributed by atoms with Crippen LogP contribution in [0.25, 0.3) is 5.76 Å². The number of carbonyl (C=O) groups is 3. The number of aliphatic hydroxyl groups is 4. The molecule has 1 aromatic rings. The van der Waals surface area contributed by atoms with Crippen LogP contribution >= 0.6 is 0 Å². The highest BCUT2D eigenvalue weighted by molar-refractivity contribution is 6.33. The fraction of sp³-hybridized carbons (Fsp3) is 0.435. The van der Waals surface area contributed by atoms with E-state index in [-0.39, 0.29) is 29.7 Å². The van der Waals surface area contributed by atoms with Crippen molar-refractivity contribution in [1.82, 2.24) is 4.90 Å². The van der Waals surface area contributed by atoms with Gasteiger partial charge in [-0.1, -0.05) is 0 Å². The molecule has 0 heterocycles. The first-order valence-electron chi connectivity index (χ1n) is 10.6. The lowest BCUT2D eigenvalue weighted by Crippen LogP contribution is -2.72. The average molecular weight is 473 g/mol. The van der Waals surface area contributed by atoms with Gasteiger partial charge in [0.1, 0.15) is 17.1 Å². The maximum atomic E-state index is 13.7. The summed E-state index contributed by atoms with van der Waals surface area (Å²) < 4.78 is 0. The molecule has 1 aromatic carbocycles. The Balaban J connectivity index is 2.01. The van der Waals surface area contributed by atoms with Gasteiger partial charge in [-0.3, -0.25) is 19.3 Å². The molecule has 0 bridgehead atoms. The molecular weight excluding hydrogens is 446 g/mol. The summed E-state index contributed by atoms with van der Waals surface area (Å²) in [4.78, 5) is 41.8. The summed E-state index contributed by atoms with van der Waals surface area (Å²) in [5, 5.41) is 55.3. The number of nitrogens with zero attached hydrogens (tertiary/aromatic N) is 2. The van der Waals surface area contributed by atoms with Crippen LogP contribution in [0.1, 0.15) is 17.5 Å². The number of rotatable bonds is 3. The van der Waals surface area contributed by atoms with Crippen molar-refractivity contribution in [2.24, 2.45) is 17.6 Å². The minimum Gasteiger partial charge on any atom is -0.507 e. The van der Waals surface area contributed by atoms with E-state index in [1.165, 1.54) is 20.2 Å². The van der Waals surface area contributed by atoms with Crippen LogP contribution in [-0.2, 0) is 20.8 Å². The highest BCUT2D eigenvalue weighted by Crippen LogP contribution is 2.55. The first kappa shape index (κ1) is 23.7. The van der Waals surface area contributed by atoms with Crippen LogP contribution in [0.4, 0.5) is 5.69 Å². The first-order chi connectivity index (χ1) is 15.7. The summed E-state index contributed by atoms with van der Waals surface area (Å²) in [6.07, 6.45) is -0.0695. The second-order valence-electron chi connectivity index (χ2n) is 9.44. The zero-order valence-electron chi connectivity index (χ0n) is 19.2. The molecule has 3 aliphatic rings. The molecule has 1 unspecified atom stereocenters. The highest BCUT2D eigenvalue weighted by atomic mass is 16.4. The number of hydrogen-bond donors (Lipinski definition) is 6. The van der Waals surface area contributed by atoms with E-state index >= 15 is 0 Å². The number of nitrogens with two attached hydrogens (primary N) is 1. The Labute approximate surface area is 195 Å². The van der Waals surface area contributed by atoms with Crippen molar-refractivity contribution in [3.63, 3.8) is 0 Å². The van der Waals surface area contributed by atoms with E-state index in [1.54, 1.807) is 25.1 Å². The third kappa shape index (κ3) is 2.71. The molecule has 0 spiro atoms. The SMILES string of the molecule is CN(C)c1ccc(O)c2c1C[C@H]1C[C@H]3C(O)(N(C)C)C(O)=C(C(N)=O)C(=O)[C@@]3(O)C(=O)C1=C2O. The van der Waals surface area contributed by atoms with Crippen molar-refractivity contribution < 1.29 is 39.9 Å². The molecule has 0 radical (unpaired) electrons. The normalized spacial score (nSPS) is 30.8. The van der Waals surface area contributed by atoms with Crippen molar-refractivity contribution in [2.45, 2.75) is 24.2 Å². The van der Waals surface area contributed by atoms with Crippen molar-refractivity contribution in [2.75, 3.05) is 33.1 Å². The van der Waals surface area contributed by atoms with Crippen molar-refractivity contribution in [1.29, 1.82) is 0 Å². The molecule has 4 rings (SSSR count). The standard InChI is InChI=1S/C23H27N3O8/c1-25(2)11-5-6-12(27)15-10(11)7-9-8-13-22(33,18(29)14(9)17(15)28)19(30)16(21(24)32)20(31)23(13,34)26(3)4/h5-6,9,13,27-28,31,33-34H,7-8H2,1-4H3,(H2,24,32)/t9-,13+,22-,23?/m0/s1. The Bertz CT molecular complexity index is 1220. The second kappa shape index (κ2) is 7.29. The number of ketones is 2. The number of fused-ring (bicyclic) bond motifs is 3. The monoisotopic (exact) mass is 473 g/mol. The second-order valence-corrected chi connectivity index (χ2v) is 9.44. The molecule has 182 valence electrons. The number of phenolic OH excluding ortho intramolecular Hbond substituents is 1. The summed E-state index contributed by atoms with van der Waals surface area (Å²) in [5.41, 5.74) is -0.366. The largest absolute Gasteiger partial charge is 0.507 e. The first-order valence-corrected chi connectivity index (χ1v) is 10.6. The molecule has 7 N–H and O–H groups in total. The van der Waals surface area contributed by atoms with Gasteiger partial charge in [0, 0.05) is 25.4 Å². The topological polar surface area (TPSA) is 185 Å². The Morgan fingerprint density at radius 2 is 1.68 bits per heavy atom. The predicted molar refractivity (Wildman–Crippen MR) is 120 cm³/mol. The van der Waals surface area contributed by atoms with Gasteiger partial charge in [0.05, 0.1) is 11.5 Å². The highest BCUT2D eigenvalue weighted by Gasteiger charge is 2.70. The molecule has 1 saturated carbocycles. The summed E-state index contributed by atoms with van der Waals surface area (Å²) in [7, 11) is 6.23. The van der Waals surface area contributed by atoms with Crippen LogP contribution in [0, 0.1) is 11.8 Å². The minimum atomic E-state index is -2.98. The van der Waals surface area contributed by atoms with Crippen LogP contribution in [0.5, 0.6) is 5.75 Å². The number of hydrogen-bond acceptors (Lipinski definition) is 10. The molecule has 3 aliphatic carbocycles. The van der Waals surface area contributed by atoms with Crippen molar-refractivity contribution >= 4 is 28.9 Å². The number of phenols is 1. The summed E-state index contributed by atoms with van der Waals surface area (Å²) in [6.45, 7) is 0. The number of anilines is 1. The molecule has 11 nitrogen and oxygen atoms in total. The van der Waals surface area contributed by atoms with Gasteiger partial charge >= 0.3 is 0 Å². The maximum Gasteiger partial charge on any atom is 0.256 e. The van der Waals surface area contributed by atoms with Gasteiger partial charge in [-0.05, 0) is 50.6 Å². The third-order valence-corrected chi connectivity index (χ3v) is 7.29. The fourth-order valence-corrected chi connectivity index (χ4v) is 5.62. The van der Waals surface area contributed by atoms with E-state index in [1.807, 2.05) is 0 Å². The van der Waals surface area contributed by atoms with Crippen molar-refractivity contribution in [3.05, 3.63) is 40.2 Å². The van der Waals surface area contributed by atoms with Gasteiger partial charge in [-0.2, -0.15) is 0 Å². The number of benzene rings is 1. The Morgan fingerprint density at radius 1 is 1.06 bits per heavy atom. The number of likely N-dealkylation sites (N-methyl/N-ethyl adjacent to an activating group) is 1. The summed E-state index contributed by atoms with van der Waals surface area (Å²) in [6, 6.07) is 3.01. The molecule has 1 fully saturated rings. The molecular formula is C23H27N3O8. The van der Waals surface area contributed by atoms with Gasteiger partial charge in [0.15, 0.2) is 17.1 Å². The lowest BCUT2D eigenvalue weighted by atomic mass is 9.56. The molecule has 0 aliphatic heterocycles. The third-order valence-electron chi connectivity index (χ3n) is 7.29. The summed E-state index contributed by atoms with van der Waals surface area (Å²) >= 11 is 0. The zero-order valence-corrected chi connectivity index (χ0v) is 19.2. The van der Waals surface area contributed by atoms with E-state index in [2.05, 4.69) is 0 Å². The van der Waals surface area contributed by atoms with Crippen LogP contribution < -0.4 is 10.6 Å². The lowest BCUT2D eigenvalue weighted by molar-refractivity contribution is -0.204.